The van der Waals surface area contributed by atoms with Gasteiger partial charge in [-0.2, -0.15) is 4.98 Å². The van der Waals surface area contributed by atoms with Gasteiger partial charge in [0.25, 0.3) is 5.91 Å². The molecule has 1 aliphatic heterocycles. The van der Waals surface area contributed by atoms with Crippen LogP contribution in [-0.2, 0) is 17.2 Å². The fourth-order valence-electron chi connectivity index (χ4n) is 5.42. The molecule has 0 radical (unpaired) electrons. The van der Waals surface area contributed by atoms with Crippen molar-refractivity contribution in [3.8, 4) is 17.2 Å². The highest BCUT2D eigenvalue weighted by atomic mass is 79.9. The fourth-order valence-corrected chi connectivity index (χ4v) is 6.80. The summed E-state index contributed by atoms with van der Waals surface area (Å²) in [4.78, 5) is 19.0. The van der Waals surface area contributed by atoms with E-state index in [1.54, 1.807) is 4.68 Å². The summed E-state index contributed by atoms with van der Waals surface area (Å²) in [5.41, 5.74) is 4.46. The molecule has 5 aromatic rings. The number of hydrogen-bond acceptors (Lipinski definition) is 8. The second-order valence-electron chi connectivity index (χ2n) is 11.0. The molecule has 0 bridgehead atoms. The fraction of sp³-hybridized carbons (Fsp3) is 0.216. The summed E-state index contributed by atoms with van der Waals surface area (Å²) in [6.45, 7) is 6.95. The number of ether oxygens (including phenoxy) is 3. The van der Waals surface area contributed by atoms with Gasteiger partial charge in [0.15, 0.2) is 11.5 Å². The Labute approximate surface area is 303 Å². The lowest BCUT2D eigenvalue weighted by atomic mass is 9.94. The molecule has 0 fully saturated rings. The van der Waals surface area contributed by atoms with Gasteiger partial charge < -0.3 is 24.8 Å². The van der Waals surface area contributed by atoms with Crippen molar-refractivity contribution in [2.75, 3.05) is 23.8 Å². The van der Waals surface area contributed by atoms with Gasteiger partial charge in [0.1, 0.15) is 18.4 Å². The monoisotopic (exact) mass is 759 g/mol. The second kappa shape index (κ2) is 15.8. The van der Waals surface area contributed by atoms with E-state index in [9.17, 15) is 4.79 Å². The number of benzene rings is 4. The number of anilines is 2. The Balaban J connectivity index is 1.36. The molecule has 1 aromatic heterocycles. The molecule has 1 unspecified atom stereocenters. The average Bonchev–Trinajstić information content (AvgIpc) is 3.51. The van der Waals surface area contributed by atoms with Gasteiger partial charge >= 0.3 is 0 Å². The number of para-hydroxylation sites is 2. The highest BCUT2D eigenvalue weighted by Gasteiger charge is 2.35. The van der Waals surface area contributed by atoms with Crippen LogP contribution in [0.2, 0.25) is 5.02 Å². The molecule has 2 N–H and O–H groups in total. The summed E-state index contributed by atoms with van der Waals surface area (Å²) in [5.74, 6) is 2.54. The summed E-state index contributed by atoms with van der Waals surface area (Å²) in [6, 6.07) is 28.1. The van der Waals surface area contributed by atoms with E-state index < -0.39 is 6.04 Å². The smallest absolute Gasteiger partial charge is 0.255 e. The van der Waals surface area contributed by atoms with Crippen LogP contribution < -0.4 is 24.8 Å². The van der Waals surface area contributed by atoms with Crippen LogP contribution >= 0.6 is 39.3 Å². The van der Waals surface area contributed by atoms with E-state index in [4.69, 9.17) is 35.9 Å². The number of carbonyl (C=O) groups excluding carboxylic acids is 1. The molecule has 2 heterocycles. The molecule has 1 atom stereocenters. The van der Waals surface area contributed by atoms with Crippen LogP contribution in [0.1, 0.15) is 43.5 Å². The summed E-state index contributed by atoms with van der Waals surface area (Å²) < 4.78 is 20.8. The molecule has 6 rings (SSSR count). The number of amides is 1. The van der Waals surface area contributed by atoms with E-state index in [1.165, 1.54) is 11.8 Å². The lowest BCUT2D eigenvalue weighted by Gasteiger charge is -2.29. The first-order chi connectivity index (χ1) is 23.8. The third-order valence-corrected chi connectivity index (χ3v) is 9.50. The average molecular weight is 761 g/mol. The maximum Gasteiger partial charge on any atom is 0.255 e. The van der Waals surface area contributed by atoms with E-state index in [2.05, 4.69) is 26.6 Å². The Morgan fingerprint density at radius 2 is 1.67 bits per heavy atom. The Bertz CT molecular complexity index is 1980. The molecule has 49 heavy (non-hydrogen) atoms. The molecule has 0 saturated heterocycles. The van der Waals surface area contributed by atoms with Crippen LogP contribution in [0.3, 0.4) is 0 Å². The molecule has 1 aliphatic rings. The van der Waals surface area contributed by atoms with E-state index in [-0.39, 0.29) is 5.91 Å². The minimum Gasteiger partial charge on any atom is -0.492 e. The van der Waals surface area contributed by atoms with Gasteiger partial charge in [0.2, 0.25) is 11.1 Å². The maximum absolute atomic E-state index is 14.2. The predicted octanol–water partition coefficient (Wildman–Crippen LogP) is 9.29. The van der Waals surface area contributed by atoms with E-state index in [1.807, 2.05) is 112 Å². The Morgan fingerprint density at radius 3 is 2.45 bits per heavy atom. The van der Waals surface area contributed by atoms with Crippen LogP contribution in [0.5, 0.6) is 17.2 Å². The third-order valence-electron chi connectivity index (χ3n) is 7.72. The van der Waals surface area contributed by atoms with Crippen molar-refractivity contribution >= 4 is 56.8 Å². The van der Waals surface area contributed by atoms with Crippen molar-refractivity contribution in [3.05, 3.63) is 128 Å². The zero-order valence-electron chi connectivity index (χ0n) is 27.2. The summed E-state index contributed by atoms with van der Waals surface area (Å²) in [5, 5.41) is 12.5. The number of allylic oxidation sites excluding steroid dienone is 1. The lowest BCUT2D eigenvalue weighted by molar-refractivity contribution is -0.113. The highest BCUT2D eigenvalue weighted by molar-refractivity contribution is 9.10. The largest absolute Gasteiger partial charge is 0.492 e. The van der Waals surface area contributed by atoms with Crippen molar-refractivity contribution in [2.24, 2.45) is 0 Å². The Morgan fingerprint density at radius 1 is 0.939 bits per heavy atom. The van der Waals surface area contributed by atoms with Crippen LogP contribution in [-0.4, -0.2) is 33.9 Å². The van der Waals surface area contributed by atoms with Crippen LogP contribution in [0.4, 0.5) is 11.6 Å². The van der Waals surface area contributed by atoms with Gasteiger partial charge in [0.05, 0.1) is 24.5 Å². The summed E-state index contributed by atoms with van der Waals surface area (Å²) in [7, 11) is 0. The lowest BCUT2D eigenvalue weighted by Crippen LogP contribution is -2.31. The van der Waals surface area contributed by atoms with Crippen molar-refractivity contribution in [3.63, 3.8) is 0 Å². The molecule has 0 aliphatic carbocycles. The van der Waals surface area contributed by atoms with Crippen molar-refractivity contribution in [2.45, 2.75) is 44.3 Å². The topological polar surface area (TPSA) is 99.5 Å². The number of rotatable bonds is 13. The number of nitrogens with one attached hydrogen (secondary N) is 2. The van der Waals surface area contributed by atoms with Gasteiger partial charge in [-0.05, 0) is 79.9 Å². The minimum absolute atomic E-state index is 0.304. The first-order valence-electron chi connectivity index (χ1n) is 15.8. The number of nitrogens with zero attached hydrogens (tertiary/aromatic N) is 3. The number of hydrogen-bond donors (Lipinski definition) is 2. The molecule has 1 amide bonds. The van der Waals surface area contributed by atoms with Gasteiger partial charge in [-0.25, -0.2) is 4.68 Å². The SMILES string of the molecule is CCOc1ccccc1NC(=O)C1=C(C)Nc2nc(SCc3ccccc3Cl)nn2C1c1ccc(OCc2ccc(Br)cc2)c(OCC)c1. The first-order valence-corrected chi connectivity index (χ1v) is 18.0. The first kappa shape index (κ1) is 34.4. The number of carbonyl (C=O) groups is 1. The third kappa shape index (κ3) is 8.07. The quantitative estimate of drug-likeness (QED) is 0.115. The molecule has 9 nitrogen and oxygen atoms in total. The highest BCUT2D eigenvalue weighted by Crippen LogP contribution is 2.41. The Kier molecular flexibility index (Phi) is 11.1. The van der Waals surface area contributed by atoms with E-state index in [0.29, 0.717) is 75.9 Å². The molecule has 0 spiro atoms. The number of aromatic nitrogens is 3. The Hall–Kier alpha value is -4.45. The van der Waals surface area contributed by atoms with Crippen LogP contribution in [0, 0.1) is 0 Å². The molecular weight excluding hydrogens is 726 g/mol. The summed E-state index contributed by atoms with van der Waals surface area (Å²) in [6.07, 6.45) is 0. The van der Waals surface area contributed by atoms with Crippen LogP contribution in [0.15, 0.2) is 112 Å². The van der Waals surface area contributed by atoms with E-state index in [0.717, 1.165) is 21.2 Å². The number of halogens is 2. The van der Waals surface area contributed by atoms with Crippen LogP contribution in [0.25, 0.3) is 0 Å². The second-order valence-corrected chi connectivity index (χ2v) is 13.3. The van der Waals surface area contributed by atoms with Gasteiger partial charge in [-0.3, -0.25) is 4.79 Å². The zero-order chi connectivity index (χ0) is 34.3. The van der Waals surface area contributed by atoms with Crippen molar-refractivity contribution < 1.29 is 19.0 Å². The molecule has 0 saturated carbocycles. The molecule has 252 valence electrons. The number of thioether (sulfide) groups is 1. The zero-order valence-corrected chi connectivity index (χ0v) is 30.4. The van der Waals surface area contributed by atoms with Gasteiger partial charge in [-0.1, -0.05) is 87.8 Å². The van der Waals surface area contributed by atoms with Crippen molar-refractivity contribution in [1.82, 2.24) is 14.8 Å². The number of fused-ring (bicyclic) bond motifs is 1. The van der Waals surface area contributed by atoms with E-state index >= 15 is 0 Å². The predicted molar refractivity (Wildman–Crippen MR) is 198 cm³/mol. The molecule has 4 aromatic carbocycles. The van der Waals surface area contributed by atoms with Gasteiger partial charge in [0, 0.05) is 20.9 Å². The minimum atomic E-state index is -0.641. The maximum atomic E-state index is 14.2. The standard InChI is InChI=1S/C37H35BrClN5O4S/c1-4-46-30-13-9-8-12-29(30)41-35(45)33-23(3)40-36-42-37(49-22-26-10-6-7-11-28(26)39)43-44(36)34(33)25-16-19-31(32(20-25)47-5-2)48-21-24-14-17-27(38)18-15-24/h6-20,34H,4-5,21-22H2,1-3H3,(H,41,45)(H,40,42,43). The van der Waals surface area contributed by atoms with Gasteiger partial charge in [-0.15, -0.1) is 5.10 Å². The summed E-state index contributed by atoms with van der Waals surface area (Å²) >= 11 is 11.4. The normalized spacial score (nSPS) is 13.8. The molecular formula is C37H35BrClN5O4S. The molecule has 12 heteroatoms. The van der Waals surface area contributed by atoms with Crippen molar-refractivity contribution in [1.29, 1.82) is 0 Å².